The molecule has 1 aromatic heterocycles. The number of hydrogen-bond acceptors (Lipinski definition) is 10. The molecule has 2 atom stereocenters. The minimum absolute atomic E-state index is 0.0108. The van der Waals surface area contributed by atoms with Crippen LogP contribution in [0.3, 0.4) is 0 Å². The summed E-state index contributed by atoms with van der Waals surface area (Å²) in [5.41, 5.74) is -0.438. The van der Waals surface area contributed by atoms with Crippen molar-refractivity contribution in [2.24, 2.45) is 7.05 Å². The molecule has 1 aliphatic carbocycles. The first-order chi connectivity index (χ1) is 21.3. The van der Waals surface area contributed by atoms with Gasteiger partial charge in [-0.2, -0.15) is 8.42 Å². The highest BCUT2D eigenvalue weighted by atomic mass is 32.2. The van der Waals surface area contributed by atoms with Gasteiger partial charge >= 0.3 is 0 Å². The molecule has 0 bridgehead atoms. The van der Waals surface area contributed by atoms with Crippen LogP contribution in [0.5, 0.6) is 0 Å². The van der Waals surface area contributed by atoms with Crippen molar-refractivity contribution >= 4 is 66.1 Å². The monoisotopic (exact) mass is 662 g/mol. The number of aromatic nitrogens is 1. The van der Waals surface area contributed by atoms with E-state index in [1.165, 1.54) is 54.1 Å². The van der Waals surface area contributed by atoms with Gasteiger partial charge in [0.05, 0.1) is 32.9 Å². The molecule has 0 fully saturated rings. The molecule has 1 aliphatic rings. The number of nitrogens with zero attached hydrogens (tertiary/aromatic N) is 1. The first-order valence-electron chi connectivity index (χ1n) is 12.8. The third-order valence-electron chi connectivity index (χ3n) is 7.45. The summed E-state index contributed by atoms with van der Waals surface area (Å²) < 4.78 is 81.2. The van der Waals surface area contributed by atoms with Gasteiger partial charge < -0.3 is 19.0 Å². The topological polar surface area (TPSA) is 203 Å². The van der Waals surface area contributed by atoms with E-state index in [0.717, 1.165) is 18.2 Å². The summed E-state index contributed by atoms with van der Waals surface area (Å²) in [6.45, 7) is 0. The van der Waals surface area contributed by atoms with Crippen molar-refractivity contribution in [3.05, 3.63) is 111 Å². The Balaban J connectivity index is 1.67. The second kappa shape index (κ2) is 11.1. The summed E-state index contributed by atoms with van der Waals surface area (Å²) in [5.74, 6) is -1.37. The molecule has 15 heteroatoms. The third-order valence-corrected chi connectivity index (χ3v) is 9.63. The summed E-state index contributed by atoms with van der Waals surface area (Å²) in [7, 11) is -3.28. The molecule has 5 aromatic rings. The molecule has 2 N–H and O–H groups in total. The van der Waals surface area contributed by atoms with Gasteiger partial charge in [-0.1, -0.05) is 36.4 Å². The van der Waals surface area contributed by atoms with Crippen LogP contribution in [0.4, 0.5) is 11.4 Å². The van der Waals surface area contributed by atoms with Gasteiger partial charge in [0.2, 0.25) is 0 Å². The second-order valence-corrected chi connectivity index (χ2v) is 13.2. The van der Waals surface area contributed by atoms with E-state index in [-0.39, 0.29) is 65.4 Å². The minimum atomic E-state index is -4.68. The molecule has 45 heavy (non-hydrogen) atoms. The van der Waals surface area contributed by atoms with Crippen LogP contribution in [0.25, 0.3) is 22.0 Å². The number of pyridine rings is 1. The number of rotatable bonds is 7. The van der Waals surface area contributed by atoms with Crippen molar-refractivity contribution in [2.45, 2.75) is 14.7 Å². The van der Waals surface area contributed by atoms with E-state index in [2.05, 4.69) is 5.32 Å². The average molecular weight is 663 g/mol. The van der Waals surface area contributed by atoms with Crippen LogP contribution in [0.15, 0.2) is 98.3 Å². The molecule has 1 heterocycles. The lowest BCUT2D eigenvalue weighted by Gasteiger charge is -2.26. The largest absolute Gasteiger partial charge is 0.768 e. The first kappa shape index (κ1) is 30.4. The Morgan fingerprint density at radius 3 is 2.20 bits per heavy atom. The van der Waals surface area contributed by atoms with Gasteiger partial charge in [0.25, 0.3) is 15.7 Å². The SMILES string of the molecule is Cn1c(=O)c(C(=O)c2cccc(S(=O)(=O)O)c2)c2c3c(c(Nc4ccc(S(=O)[O-])cc4S(=O)[O-])ccc31)C(=O)c1ccccc1-2. The highest BCUT2D eigenvalue weighted by Gasteiger charge is 2.34. The minimum Gasteiger partial charge on any atom is -0.768 e. The Kier molecular flexibility index (Phi) is 7.47. The molecule has 2 unspecified atom stereocenters. The van der Waals surface area contributed by atoms with E-state index in [1.54, 1.807) is 18.2 Å². The number of aryl methyl sites for hydroxylation is 1. The van der Waals surface area contributed by atoms with E-state index in [1.807, 2.05) is 0 Å². The summed E-state index contributed by atoms with van der Waals surface area (Å²) in [5, 5.41) is 3.11. The van der Waals surface area contributed by atoms with Crippen LogP contribution in [0, 0.1) is 0 Å². The maximum Gasteiger partial charge on any atom is 0.294 e. The molecule has 228 valence electrons. The van der Waals surface area contributed by atoms with Crippen LogP contribution < -0.4 is 10.9 Å². The molecule has 6 rings (SSSR count). The standard InChI is InChI=1S/C30H20N2O10S3/c1-32-22-12-11-21(31-20-10-9-16(43(36)37)14-23(20)44(38)39)25-26(22)24(18-7-2-3-8-19(18)29(25)34)27(30(32)35)28(33)15-5-4-6-17(13-15)45(40,41)42/h2-14,31H,1H3,(H,36,37)(H,38,39)(H,40,41,42)/p-2. The molecule has 0 aliphatic heterocycles. The van der Waals surface area contributed by atoms with Gasteiger partial charge in [-0.25, -0.2) is 0 Å². The molecule has 0 radical (unpaired) electrons. The number of carbonyl (C=O) groups excluding carboxylic acids is 2. The van der Waals surface area contributed by atoms with Crippen LogP contribution in [-0.4, -0.2) is 46.6 Å². The average Bonchev–Trinajstić information content (AvgIpc) is 3.01. The molecule has 12 nitrogen and oxygen atoms in total. The first-order valence-corrected chi connectivity index (χ1v) is 16.4. The predicted octanol–water partition coefficient (Wildman–Crippen LogP) is 3.45. The Morgan fingerprint density at radius 2 is 1.53 bits per heavy atom. The number of benzene rings is 4. The number of anilines is 2. The van der Waals surface area contributed by atoms with Crippen LogP contribution >= 0.6 is 0 Å². The molecular formula is C30H18N2O10S3-2. The second-order valence-electron chi connectivity index (χ2n) is 9.96. The van der Waals surface area contributed by atoms with E-state index < -0.39 is 54.3 Å². The zero-order chi connectivity index (χ0) is 32.4. The number of fused-ring (bicyclic) bond motifs is 2. The summed E-state index contributed by atoms with van der Waals surface area (Å²) >= 11 is -5.59. The van der Waals surface area contributed by atoms with Gasteiger partial charge in [-0.05, 0) is 70.2 Å². The molecule has 0 amide bonds. The zero-order valence-electron chi connectivity index (χ0n) is 22.8. The number of ketones is 2. The fourth-order valence-corrected chi connectivity index (χ4v) is 6.94. The zero-order valence-corrected chi connectivity index (χ0v) is 25.2. The lowest BCUT2D eigenvalue weighted by Crippen LogP contribution is -2.29. The van der Waals surface area contributed by atoms with Gasteiger partial charge in [0.1, 0.15) is 0 Å². The molecule has 0 spiro atoms. The summed E-state index contributed by atoms with van der Waals surface area (Å²) in [4.78, 5) is 40.7. The highest BCUT2D eigenvalue weighted by molar-refractivity contribution is 7.85. The quantitative estimate of drug-likeness (QED) is 0.144. The van der Waals surface area contributed by atoms with Crippen molar-refractivity contribution in [2.75, 3.05) is 5.32 Å². The van der Waals surface area contributed by atoms with Crippen molar-refractivity contribution in [3.8, 4) is 11.1 Å². The molecular weight excluding hydrogens is 645 g/mol. The van der Waals surface area contributed by atoms with Crippen molar-refractivity contribution in [3.63, 3.8) is 0 Å². The molecule has 4 aromatic carbocycles. The number of nitrogens with one attached hydrogen (secondary N) is 1. The summed E-state index contributed by atoms with van der Waals surface area (Å²) in [6, 6.07) is 17.2. The van der Waals surface area contributed by atoms with E-state index >= 15 is 0 Å². The van der Waals surface area contributed by atoms with Gasteiger partial charge in [-0.15, -0.1) is 0 Å². The highest BCUT2D eigenvalue weighted by Crippen LogP contribution is 2.44. The number of hydrogen-bond donors (Lipinski definition) is 2. The molecule has 0 saturated heterocycles. The predicted molar refractivity (Wildman–Crippen MR) is 162 cm³/mol. The lowest BCUT2D eigenvalue weighted by molar-refractivity contribution is 0.102. The lowest BCUT2D eigenvalue weighted by atomic mass is 9.80. The van der Waals surface area contributed by atoms with Crippen molar-refractivity contribution in [1.82, 2.24) is 4.57 Å². The van der Waals surface area contributed by atoms with Gasteiger partial charge in [0, 0.05) is 38.9 Å². The van der Waals surface area contributed by atoms with Gasteiger partial charge in [0.15, 0.2) is 11.6 Å². The van der Waals surface area contributed by atoms with E-state index in [0.29, 0.717) is 0 Å². The Labute approximate surface area is 259 Å². The fraction of sp³-hybridized carbons (Fsp3) is 0.0333. The normalized spacial score (nSPS) is 13.7. The van der Waals surface area contributed by atoms with Crippen LogP contribution in [-0.2, 0) is 39.3 Å². The Bertz CT molecular complexity index is 2360. The maximum atomic E-state index is 14.1. The number of carbonyl (C=O) groups is 2. The van der Waals surface area contributed by atoms with Crippen LogP contribution in [0.2, 0.25) is 0 Å². The van der Waals surface area contributed by atoms with Crippen molar-refractivity contribution < 1.29 is 40.1 Å². The third kappa shape index (κ3) is 5.04. The maximum absolute atomic E-state index is 14.1. The Hall–Kier alpha value is -4.64. The van der Waals surface area contributed by atoms with Crippen molar-refractivity contribution in [1.29, 1.82) is 0 Å². The summed E-state index contributed by atoms with van der Waals surface area (Å²) in [6.07, 6.45) is 0. The smallest absolute Gasteiger partial charge is 0.294 e. The molecule has 0 saturated carbocycles. The van der Waals surface area contributed by atoms with E-state index in [4.69, 9.17) is 0 Å². The fourth-order valence-electron chi connectivity index (χ4n) is 5.42. The van der Waals surface area contributed by atoms with E-state index in [9.17, 15) is 44.9 Å². The Morgan fingerprint density at radius 1 is 0.844 bits per heavy atom. The van der Waals surface area contributed by atoms with Gasteiger partial charge in [-0.3, -0.25) is 27.4 Å². The van der Waals surface area contributed by atoms with Crippen LogP contribution in [0.1, 0.15) is 31.8 Å².